The summed E-state index contributed by atoms with van der Waals surface area (Å²) in [5, 5.41) is 3.16. The maximum Gasteiger partial charge on any atom is 0.259 e. The maximum absolute atomic E-state index is 14.2. The van der Waals surface area contributed by atoms with Crippen molar-refractivity contribution < 1.29 is 23.5 Å². The fraction of sp³-hybridized carbons (Fsp3) is 0.355. The number of rotatable bonds is 7. The van der Waals surface area contributed by atoms with Gasteiger partial charge in [-0.05, 0) is 72.4 Å². The molecule has 0 bridgehead atoms. The molecule has 3 aromatic rings. The van der Waals surface area contributed by atoms with Crippen molar-refractivity contribution >= 4 is 17.5 Å². The summed E-state index contributed by atoms with van der Waals surface area (Å²) in [6, 6.07) is 17.6. The Morgan fingerprint density at radius 2 is 1.50 bits per heavy atom. The summed E-state index contributed by atoms with van der Waals surface area (Å²) in [7, 11) is 0. The number of carbonyl (C=O) groups excluding carboxylic acids is 2. The van der Waals surface area contributed by atoms with Gasteiger partial charge in [-0.2, -0.15) is 0 Å². The van der Waals surface area contributed by atoms with E-state index in [0.29, 0.717) is 47.4 Å². The van der Waals surface area contributed by atoms with Crippen molar-refractivity contribution in [3.63, 3.8) is 0 Å². The highest BCUT2D eigenvalue weighted by atomic mass is 19.1. The topological polar surface area (TPSA) is 67.9 Å². The highest BCUT2D eigenvalue weighted by molar-refractivity contribution is 6.10. The molecule has 1 heterocycles. The molecule has 0 saturated heterocycles. The lowest BCUT2D eigenvalue weighted by molar-refractivity contribution is -0.123. The van der Waals surface area contributed by atoms with Gasteiger partial charge in [-0.25, -0.2) is 4.39 Å². The molecule has 1 saturated carbocycles. The summed E-state index contributed by atoms with van der Waals surface area (Å²) in [5.41, 5.74) is 2.59. The van der Waals surface area contributed by atoms with E-state index in [1.165, 1.54) is 17.0 Å². The second-order valence-corrected chi connectivity index (χ2v) is 10.2. The molecule has 38 heavy (non-hydrogen) atoms. The van der Waals surface area contributed by atoms with Crippen molar-refractivity contribution in [1.29, 1.82) is 0 Å². The highest BCUT2D eigenvalue weighted by Gasteiger charge is 2.35. The summed E-state index contributed by atoms with van der Waals surface area (Å²) in [4.78, 5) is 29.7. The van der Waals surface area contributed by atoms with Gasteiger partial charge in [0.2, 0.25) is 5.91 Å². The van der Waals surface area contributed by atoms with E-state index in [0.717, 1.165) is 31.2 Å². The zero-order valence-electron chi connectivity index (χ0n) is 21.8. The quantitative estimate of drug-likeness (QED) is 0.408. The molecule has 0 unspecified atom stereocenters. The average Bonchev–Trinajstić information content (AvgIpc) is 3.45. The summed E-state index contributed by atoms with van der Waals surface area (Å²) in [6.07, 6.45) is 3.92. The third kappa shape index (κ3) is 5.52. The van der Waals surface area contributed by atoms with E-state index in [1.807, 2.05) is 24.3 Å². The van der Waals surface area contributed by atoms with E-state index in [1.54, 1.807) is 30.3 Å². The van der Waals surface area contributed by atoms with E-state index in [2.05, 4.69) is 19.2 Å². The second kappa shape index (κ2) is 11.3. The second-order valence-electron chi connectivity index (χ2n) is 10.2. The highest BCUT2D eigenvalue weighted by Crippen LogP contribution is 2.35. The number of nitrogens with zero attached hydrogens (tertiary/aromatic N) is 1. The van der Waals surface area contributed by atoms with Crippen molar-refractivity contribution in [2.45, 2.75) is 57.5 Å². The first-order chi connectivity index (χ1) is 18.4. The Morgan fingerprint density at radius 3 is 2.16 bits per heavy atom. The van der Waals surface area contributed by atoms with Gasteiger partial charge in [0.15, 0.2) is 11.5 Å². The van der Waals surface area contributed by atoms with Crippen molar-refractivity contribution in [3.8, 4) is 11.5 Å². The normalized spacial score (nSPS) is 15.8. The molecule has 5 rings (SSSR count). The smallest absolute Gasteiger partial charge is 0.259 e. The van der Waals surface area contributed by atoms with Crippen LogP contribution in [0.1, 0.15) is 73.0 Å². The molecule has 0 radical (unpaired) electrons. The molecule has 2 aliphatic rings. The van der Waals surface area contributed by atoms with Gasteiger partial charge in [0.25, 0.3) is 5.91 Å². The lowest BCUT2D eigenvalue weighted by Gasteiger charge is -2.33. The maximum atomic E-state index is 14.2. The number of amides is 2. The van der Waals surface area contributed by atoms with Crippen LogP contribution in [0.5, 0.6) is 11.5 Å². The van der Waals surface area contributed by atoms with Crippen LogP contribution in [0, 0.1) is 5.82 Å². The van der Waals surface area contributed by atoms with E-state index in [9.17, 15) is 14.0 Å². The Labute approximate surface area is 222 Å². The van der Waals surface area contributed by atoms with E-state index in [-0.39, 0.29) is 17.9 Å². The first-order valence-corrected chi connectivity index (χ1v) is 13.3. The van der Waals surface area contributed by atoms with Crippen LogP contribution < -0.4 is 19.7 Å². The minimum absolute atomic E-state index is 0.0556. The molecule has 1 aliphatic carbocycles. The van der Waals surface area contributed by atoms with Gasteiger partial charge in [0, 0.05) is 17.3 Å². The van der Waals surface area contributed by atoms with Crippen LogP contribution in [0.4, 0.5) is 10.1 Å². The van der Waals surface area contributed by atoms with Gasteiger partial charge in [-0.1, -0.05) is 51.0 Å². The Morgan fingerprint density at radius 1 is 0.868 bits per heavy atom. The molecule has 2 amide bonds. The first kappa shape index (κ1) is 25.8. The van der Waals surface area contributed by atoms with Crippen molar-refractivity contribution in [2.24, 2.45) is 0 Å². The summed E-state index contributed by atoms with van der Waals surface area (Å²) in [6.45, 7) is 5.04. The van der Waals surface area contributed by atoms with Crippen LogP contribution in [0.3, 0.4) is 0 Å². The van der Waals surface area contributed by atoms with E-state index >= 15 is 0 Å². The SMILES string of the molecule is CC(C)c1ccc(N(C(=O)c2ccc3c(c2)OCCO3)[C@@H](C(=O)NC2CCCC2)c2ccc(F)cc2)cc1. The molecular weight excluding hydrogens is 483 g/mol. The molecule has 1 fully saturated rings. The zero-order valence-corrected chi connectivity index (χ0v) is 21.8. The summed E-state index contributed by atoms with van der Waals surface area (Å²) >= 11 is 0. The number of nitrogens with one attached hydrogen (secondary N) is 1. The van der Waals surface area contributed by atoms with Crippen LogP contribution in [-0.2, 0) is 4.79 Å². The van der Waals surface area contributed by atoms with E-state index < -0.39 is 11.9 Å². The van der Waals surface area contributed by atoms with Gasteiger partial charge < -0.3 is 14.8 Å². The fourth-order valence-electron chi connectivity index (χ4n) is 5.13. The molecule has 1 atom stereocenters. The van der Waals surface area contributed by atoms with Crippen molar-refractivity contribution in [3.05, 3.63) is 89.2 Å². The molecule has 6 nitrogen and oxygen atoms in total. The Hall–Kier alpha value is -3.87. The number of hydrogen-bond donors (Lipinski definition) is 1. The number of fused-ring (bicyclic) bond motifs is 1. The number of hydrogen-bond acceptors (Lipinski definition) is 4. The number of anilines is 1. The summed E-state index contributed by atoms with van der Waals surface area (Å²) < 4.78 is 25.2. The monoisotopic (exact) mass is 516 g/mol. The van der Waals surface area contributed by atoms with Gasteiger partial charge in [0.1, 0.15) is 25.1 Å². The lowest BCUT2D eigenvalue weighted by Crippen LogP contribution is -2.46. The predicted octanol–water partition coefficient (Wildman–Crippen LogP) is 6.17. The Bertz CT molecular complexity index is 1280. The Kier molecular flexibility index (Phi) is 7.63. The van der Waals surface area contributed by atoms with Crippen LogP contribution in [0.15, 0.2) is 66.7 Å². The van der Waals surface area contributed by atoms with Gasteiger partial charge >= 0.3 is 0 Å². The summed E-state index contributed by atoms with van der Waals surface area (Å²) in [5.74, 6) is 0.317. The average molecular weight is 517 g/mol. The molecule has 3 aromatic carbocycles. The third-order valence-electron chi connectivity index (χ3n) is 7.24. The molecule has 198 valence electrons. The van der Waals surface area contributed by atoms with Crippen LogP contribution in [0.2, 0.25) is 0 Å². The Balaban J connectivity index is 1.60. The van der Waals surface area contributed by atoms with E-state index in [4.69, 9.17) is 9.47 Å². The van der Waals surface area contributed by atoms with Crippen molar-refractivity contribution in [1.82, 2.24) is 5.32 Å². The molecule has 1 aliphatic heterocycles. The number of carbonyl (C=O) groups is 2. The molecule has 7 heteroatoms. The number of halogens is 1. The van der Waals surface area contributed by atoms with Gasteiger partial charge in [-0.3, -0.25) is 14.5 Å². The molecule has 0 aromatic heterocycles. The standard InChI is InChI=1S/C31H33FN2O4/c1-20(2)21-9-14-26(15-10-21)34(31(36)23-11-16-27-28(19-23)38-18-17-37-27)29(22-7-12-24(32)13-8-22)30(35)33-25-5-3-4-6-25/h7-16,19-20,25,29H,3-6,17-18H2,1-2H3,(H,33,35)/t29-/m1/s1. The predicted molar refractivity (Wildman–Crippen MR) is 144 cm³/mol. The molecule has 1 N–H and O–H groups in total. The third-order valence-corrected chi connectivity index (χ3v) is 7.24. The first-order valence-electron chi connectivity index (χ1n) is 13.3. The fourth-order valence-corrected chi connectivity index (χ4v) is 5.13. The molecule has 0 spiro atoms. The molecular formula is C31H33FN2O4. The minimum Gasteiger partial charge on any atom is -0.486 e. The van der Waals surface area contributed by atoms with Crippen molar-refractivity contribution in [2.75, 3.05) is 18.1 Å². The number of ether oxygens (including phenoxy) is 2. The zero-order chi connectivity index (χ0) is 26.6. The van der Waals surface area contributed by atoms with Crippen LogP contribution >= 0.6 is 0 Å². The largest absolute Gasteiger partial charge is 0.486 e. The number of benzene rings is 3. The van der Waals surface area contributed by atoms with Gasteiger partial charge in [0.05, 0.1) is 0 Å². The van der Waals surface area contributed by atoms with Crippen LogP contribution in [0.25, 0.3) is 0 Å². The van der Waals surface area contributed by atoms with Crippen LogP contribution in [-0.4, -0.2) is 31.1 Å². The minimum atomic E-state index is -0.998. The van der Waals surface area contributed by atoms with Gasteiger partial charge in [-0.15, -0.1) is 0 Å². The lowest BCUT2D eigenvalue weighted by atomic mass is 9.99.